The van der Waals surface area contributed by atoms with Gasteiger partial charge in [-0.2, -0.15) is 0 Å². The van der Waals surface area contributed by atoms with Crippen molar-refractivity contribution in [3.63, 3.8) is 0 Å². The van der Waals surface area contributed by atoms with Gasteiger partial charge in [-0.1, -0.05) is 40.0 Å². The van der Waals surface area contributed by atoms with E-state index in [9.17, 15) is 0 Å². The van der Waals surface area contributed by atoms with Crippen LogP contribution in [0.25, 0.3) is 0 Å². The fraction of sp³-hybridized carbons (Fsp3) is 0.600. The Bertz CT molecular complexity index is 348. The normalized spacial score (nSPS) is 17.6. The summed E-state index contributed by atoms with van der Waals surface area (Å²) < 4.78 is 0. The first kappa shape index (κ1) is 12.9. The minimum Gasteiger partial charge on any atom is -0.371 e. The molecule has 2 rings (SSSR count). The fourth-order valence-electron chi connectivity index (χ4n) is 2.56. The van der Waals surface area contributed by atoms with Gasteiger partial charge in [-0.05, 0) is 44.2 Å². The van der Waals surface area contributed by atoms with Gasteiger partial charge < -0.3 is 4.90 Å². The minimum absolute atomic E-state index is 0.529. The molecule has 94 valence electrons. The number of hydrogen-bond acceptors (Lipinski definition) is 1. The number of hydrogen-bond donors (Lipinski definition) is 0. The maximum Gasteiger partial charge on any atom is 0.0366 e. The highest BCUT2D eigenvalue weighted by Crippen LogP contribution is 2.43. The first-order chi connectivity index (χ1) is 8.19. The SMILES string of the molecule is CCN(CC1(CBr)CCC1)c1ccc(C)cc1. The first-order valence-corrected chi connectivity index (χ1v) is 7.69. The maximum absolute atomic E-state index is 3.70. The van der Waals surface area contributed by atoms with Crippen LogP contribution in [-0.4, -0.2) is 18.4 Å². The van der Waals surface area contributed by atoms with Crippen LogP contribution < -0.4 is 4.90 Å². The zero-order valence-corrected chi connectivity index (χ0v) is 12.5. The summed E-state index contributed by atoms with van der Waals surface area (Å²) in [7, 11) is 0. The van der Waals surface area contributed by atoms with Gasteiger partial charge in [-0.25, -0.2) is 0 Å². The lowest BCUT2D eigenvalue weighted by Gasteiger charge is -2.44. The van der Waals surface area contributed by atoms with Crippen molar-refractivity contribution in [2.75, 3.05) is 23.3 Å². The quantitative estimate of drug-likeness (QED) is 0.729. The van der Waals surface area contributed by atoms with Gasteiger partial charge in [0.05, 0.1) is 0 Å². The molecule has 1 aliphatic carbocycles. The van der Waals surface area contributed by atoms with Crippen LogP contribution in [0.3, 0.4) is 0 Å². The number of nitrogens with zero attached hydrogens (tertiary/aromatic N) is 1. The van der Waals surface area contributed by atoms with E-state index >= 15 is 0 Å². The van der Waals surface area contributed by atoms with E-state index in [0.29, 0.717) is 5.41 Å². The molecule has 17 heavy (non-hydrogen) atoms. The van der Waals surface area contributed by atoms with Crippen molar-refractivity contribution in [3.8, 4) is 0 Å². The molecule has 0 aromatic heterocycles. The highest BCUT2D eigenvalue weighted by atomic mass is 79.9. The third-order valence-corrected chi connectivity index (χ3v) is 5.19. The minimum atomic E-state index is 0.529. The average Bonchev–Trinajstić information content (AvgIpc) is 2.30. The van der Waals surface area contributed by atoms with Gasteiger partial charge in [0.2, 0.25) is 0 Å². The molecule has 0 aliphatic heterocycles. The highest BCUT2D eigenvalue weighted by Gasteiger charge is 2.37. The van der Waals surface area contributed by atoms with Gasteiger partial charge in [0.25, 0.3) is 0 Å². The standard InChI is InChI=1S/C15H22BrN/c1-3-17(12-15(11-16)9-4-10-15)14-7-5-13(2)6-8-14/h5-8H,3-4,9-12H2,1-2H3. The number of anilines is 1. The van der Waals surface area contributed by atoms with Crippen molar-refractivity contribution >= 4 is 21.6 Å². The van der Waals surface area contributed by atoms with E-state index in [4.69, 9.17) is 0 Å². The van der Waals surface area contributed by atoms with Crippen LogP contribution in [0, 0.1) is 12.3 Å². The molecule has 1 nitrogen and oxygen atoms in total. The highest BCUT2D eigenvalue weighted by molar-refractivity contribution is 9.09. The van der Waals surface area contributed by atoms with Crippen LogP contribution in [0.5, 0.6) is 0 Å². The largest absolute Gasteiger partial charge is 0.371 e. The fourth-order valence-corrected chi connectivity index (χ4v) is 3.29. The second-order valence-corrected chi connectivity index (χ2v) is 5.90. The van der Waals surface area contributed by atoms with E-state index in [1.165, 1.54) is 37.1 Å². The molecule has 0 bridgehead atoms. The number of alkyl halides is 1. The molecule has 1 aromatic rings. The molecule has 0 amide bonds. The Hall–Kier alpha value is -0.500. The molecule has 1 aromatic carbocycles. The molecular weight excluding hydrogens is 274 g/mol. The van der Waals surface area contributed by atoms with Gasteiger partial charge in [-0.15, -0.1) is 0 Å². The Morgan fingerprint density at radius 3 is 2.29 bits per heavy atom. The van der Waals surface area contributed by atoms with Crippen molar-refractivity contribution in [1.29, 1.82) is 0 Å². The summed E-state index contributed by atoms with van der Waals surface area (Å²) >= 11 is 3.70. The Labute approximate surface area is 113 Å². The molecule has 1 aliphatic rings. The maximum atomic E-state index is 3.70. The van der Waals surface area contributed by atoms with Crippen LogP contribution in [-0.2, 0) is 0 Å². The van der Waals surface area contributed by atoms with E-state index in [0.717, 1.165) is 11.9 Å². The van der Waals surface area contributed by atoms with Crippen LogP contribution in [0.2, 0.25) is 0 Å². The molecule has 2 heteroatoms. The second-order valence-electron chi connectivity index (χ2n) is 5.34. The Morgan fingerprint density at radius 2 is 1.88 bits per heavy atom. The van der Waals surface area contributed by atoms with E-state index in [1.54, 1.807) is 0 Å². The van der Waals surface area contributed by atoms with E-state index in [2.05, 4.69) is 58.9 Å². The van der Waals surface area contributed by atoms with Crippen molar-refractivity contribution in [1.82, 2.24) is 0 Å². The van der Waals surface area contributed by atoms with Crippen molar-refractivity contribution in [2.45, 2.75) is 33.1 Å². The van der Waals surface area contributed by atoms with Crippen LogP contribution in [0.15, 0.2) is 24.3 Å². The average molecular weight is 296 g/mol. The summed E-state index contributed by atoms with van der Waals surface area (Å²) in [5.74, 6) is 0. The smallest absolute Gasteiger partial charge is 0.0366 e. The number of halogens is 1. The summed E-state index contributed by atoms with van der Waals surface area (Å²) in [6.45, 7) is 6.68. The summed E-state index contributed by atoms with van der Waals surface area (Å²) in [6.07, 6.45) is 4.15. The molecule has 1 fully saturated rings. The lowest BCUT2D eigenvalue weighted by molar-refractivity contribution is 0.177. The lowest BCUT2D eigenvalue weighted by atomic mass is 9.70. The molecule has 0 N–H and O–H groups in total. The summed E-state index contributed by atoms with van der Waals surface area (Å²) in [4.78, 5) is 2.51. The van der Waals surface area contributed by atoms with Crippen LogP contribution in [0.4, 0.5) is 5.69 Å². The summed E-state index contributed by atoms with van der Waals surface area (Å²) in [5, 5.41) is 1.14. The third kappa shape index (κ3) is 2.85. The lowest BCUT2D eigenvalue weighted by Crippen LogP contribution is -2.43. The van der Waals surface area contributed by atoms with Crippen molar-refractivity contribution in [2.24, 2.45) is 5.41 Å². The first-order valence-electron chi connectivity index (χ1n) is 6.57. The zero-order chi connectivity index (χ0) is 12.3. The van der Waals surface area contributed by atoms with Crippen molar-refractivity contribution in [3.05, 3.63) is 29.8 Å². The van der Waals surface area contributed by atoms with Crippen LogP contribution >= 0.6 is 15.9 Å². The number of rotatable bonds is 5. The van der Waals surface area contributed by atoms with E-state index in [-0.39, 0.29) is 0 Å². The molecule has 0 spiro atoms. The summed E-state index contributed by atoms with van der Waals surface area (Å²) in [5.41, 5.74) is 3.23. The summed E-state index contributed by atoms with van der Waals surface area (Å²) in [6, 6.07) is 8.91. The van der Waals surface area contributed by atoms with Gasteiger partial charge in [-0.3, -0.25) is 0 Å². The molecule has 0 heterocycles. The Morgan fingerprint density at radius 1 is 1.24 bits per heavy atom. The molecule has 1 saturated carbocycles. The van der Waals surface area contributed by atoms with Gasteiger partial charge in [0.1, 0.15) is 0 Å². The Balaban J connectivity index is 2.08. The van der Waals surface area contributed by atoms with Crippen LogP contribution in [0.1, 0.15) is 31.7 Å². The van der Waals surface area contributed by atoms with Gasteiger partial charge in [0, 0.05) is 24.1 Å². The third-order valence-electron chi connectivity index (χ3n) is 4.00. The van der Waals surface area contributed by atoms with Gasteiger partial charge in [0.15, 0.2) is 0 Å². The number of benzene rings is 1. The Kier molecular flexibility index (Phi) is 4.13. The predicted octanol–water partition coefficient (Wildman–Crippen LogP) is 4.39. The van der Waals surface area contributed by atoms with Crippen molar-refractivity contribution < 1.29 is 0 Å². The van der Waals surface area contributed by atoms with E-state index in [1.807, 2.05) is 0 Å². The number of aryl methyl sites for hydroxylation is 1. The molecule has 0 radical (unpaired) electrons. The topological polar surface area (TPSA) is 3.24 Å². The van der Waals surface area contributed by atoms with E-state index < -0.39 is 0 Å². The van der Waals surface area contributed by atoms with Gasteiger partial charge >= 0.3 is 0 Å². The monoisotopic (exact) mass is 295 g/mol. The second kappa shape index (κ2) is 5.43. The molecule has 0 saturated heterocycles. The molecule has 0 unspecified atom stereocenters. The zero-order valence-electron chi connectivity index (χ0n) is 10.9. The molecule has 0 atom stereocenters. The molecular formula is C15H22BrN. The predicted molar refractivity (Wildman–Crippen MR) is 79.1 cm³/mol.